The Morgan fingerprint density at radius 1 is 1.00 bits per heavy atom. The molecule has 0 saturated carbocycles. The van der Waals surface area contributed by atoms with Crippen LogP contribution >= 0.6 is 0 Å². The van der Waals surface area contributed by atoms with E-state index in [1.165, 1.54) is 6.07 Å². The van der Waals surface area contributed by atoms with E-state index >= 15 is 0 Å². The van der Waals surface area contributed by atoms with E-state index in [4.69, 9.17) is 0 Å². The van der Waals surface area contributed by atoms with E-state index in [0.717, 1.165) is 16.7 Å². The number of nitrogens with zero attached hydrogens (tertiary/aromatic N) is 1. The molecule has 0 aromatic heterocycles. The number of anilines is 1. The average molecular weight is 545 g/mol. The van der Waals surface area contributed by atoms with E-state index in [2.05, 4.69) is 26.1 Å². The van der Waals surface area contributed by atoms with Gasteiger partial charge in [0.15, 0.2) is 0 Å². The molecule has 1 unspecified atom stereocenters. The summed E-state index contributed by atoms with van der Waals surface area (Å²) in [7, 11) is 0. The van der Waals surface area contributed by atoms with Crippen molar-refractivity contribution in [3.63, 3.8) is 0 Å². The van der Waals surface area contributed by atoms with Crippen molar-refractivity contribution >= 4 is 17.5 Å². The molecule has 1 aliphatic rings. The Balaban J connectivity index is 1.71. The molecule has 1 aliphatic heterocycles. The number of carbonyl (C=O) groups excluding carboxylic acids is 2. The van der Waals surface area contributed by atoms with Gasteiger partial charge in [0.2, 0.25) is 5.91 Å². The second-order valence-corrected chi connectivity index (χ2v) is 12.7. The number of halogens is 1. The summed E-state index contributed by atoms with van der Waals surface area (Å²) in [6, 6.07) is 19.6. The van der Waals surface area contributed by atoms with Crippen molar-refractivity contribution in [1.29, 1.82) is 0 Å². The van der Waals surface area contributed by atoms with Crippen LogP contribution in [0.25, 0.3) is 0 Å². The maximum Gasteiger partial charge on any atom is 0.257 e. The fourth-order valence-electron chi connectivity index (χ4n) is 5.59. The van der Waals surface area contributed by atoms with Crippen molar-refractivity contribution < 1.29 is 19.1 Å². The van der Waals surface area contributed by atoms with Gasteiger partial charge in [0.1, 0.15) is 5.82 Å². The molecule has 0 aliphatic carbocycles. The van der Waals surface area contributed by atoms with Crippen LogP contribution in [0.15, 0.2) is 66.7 Å². The van der Waals surface area contributed by atoms with Crippen molar-refractivity contribution in [3.05, 3.63) is 100 Å². The van der Waals surface area contributed by atoms with Crippen LogP contribution in [0, 0.1) is 18.7 Å². The lowest BCUT2D eigenvalue weighted by Crippen LogP contribution is -2.46. The number of carbonyl (C=O) groups is 2. The minimum atomic E-state index is -0.860. The van der Waals surface area contributed by atoms with E-state index in [1.54, 1.807) is 37.8 Å². The quantitative estimate of drug-likeness (QED) is 0.352. The van der Waals surface area contributed by atoms with E-state index in [1.807, 2.05) is 48.5 Å². The predicted octanol–water partition coefficient (Wildman–Crippen LogP) is 6.98. The van der Waals surface area contributed by atoms with Gasteiger partial charge in [-0.25, -0.2) is 4.39 Å². The minimum Gasteiger partial charge on any atom is -0.390 e. The van der Waals surface area contributed by atoms with Crippen LogP contribution in [0.3, 0.4) is 0 Å². The van der Waals surface area contributed by atoms with Gasteiger partial charge >= 0.3 is 0 Å². The molecule has 3 aromatic carbocycles. The number of piperidine rings is 1. The van der Waals surface area contributed by atoms with E-state index in [9.17, 15) is 19.1 Å². The first-order valence-electron chi connectivity index (χ1n) is 14.0. The molecule has 0 radical (unpaired) electrons. The van der Waals surface area contributed by atoms with Gasteiger partial charge in [-0.15, -0.1) is 0 Å². The third-order valence-electron chi connectivity index (χ3n) is 7.62. The van der Waals surface area contributed by atoms with E-state index in [0.29, 0.717) is 37.1 Å². The molecule has 1 saturated heterocycles. The van der Waals surface area contributed by atoms with Crippen LogP contribution in [-0.2, 0) is 16.6 Å². The van der Waals surface area contributed by atoms with Crippen molar-refractivity contribution in [2.45, 2.75) is 77.9 Å². The van der Waals surface area contributed by atoms with Gasteiger partial charge in [0, 0.05) is 18.7 Å². The normalized spacial score (nSPS) is 17.9. The number of aryl methyl sites for hydroxylation is 1. The maximum atomic E-state index is 14.9. The Bertz CT molecular complexity index is 1350. The first-order chi connectivity index (χ1) is 18.7. The molecule has 2 N–H and O–H groups in total. The van der Waals surface area contributed by atoms with Gasteiger partial charge in [0.25, 0.3) is 5.91 Å². The SMILES string of the molecule is Cc1cccc(F)c1C(=O)N1CCC[C@H](C(=O)Nc2cccc(C(C)(C)C)c2)C1c1ccc(CC(C)(C)O)cc1. The summed E-state index contributed by atoms with van der Waals surface area (Å²) in [5, 5.41) is 13.4. The second-order valence-electron chi connectivity index (χ2n) is 12.7. The zero-order valence-electron chi connectivity index (χ0n) is 24.4. The van der Waals surface area contributed by atoms with Gasteiger partial charge in [-0.1, -0.05) is 69.3 Å². The molecular formula is C34H41FN2O3. The first-order valence-corrected chi connectivity index (χ1v) is 14.0. The summed E-state index contributed by atoms with van der Waals surface area (Å²) >= 11 is 0. The number of amides is 2. The van der Waals surface area contributed by atoms with Gasteiger partial charge in [-0.3, -0.25) is 9.59 Å². The van der Waals surface area contributed by atoms with E-state index in [-0.39, 0.29) is 16.9 Å². The van der Waals surface area contributed by atoms with Gasteiger partial charge < -0.3 is 15.3 Å². The summed E-state index contributed by atoms with van der Waals surface area (Å²) in [4.78, 5) is 29.4. The summed E-state index contributed by atoms with van der Waals surface area (Å²) in [5.74, 6) is -1.66. The smallest absolute Gasteiger partial charge is 0.257 e. The topological polar surface area (TPSA) is 69.6 Å². The van der Waals surface area contributed by atoms with Crippen molar-refractivity contribution in [3.8, 4) is 0 Å². The number of nitrogens with one attached hydrogen (secondary N) is 1. The second kappa shape index (κ2) is 11.5. The van der Waals surface area contributed by atoms with Gasteiger partial charge in [-0.2, -0.15) is 0 Å². The number of benzene rings is 3. The summed E-state index contributed by atoms with van der Waals surface area (Å²) in [6.07, 6.45) is 1.70. The lowest BCUT2D eigenvalue weighted by atomic mass is 9.82. The maximum absolute atomic E-state index is 14.9. The Hall–Kier alpha value is -3.51. The van der Waals surface area contributed by atoms with Crippen molar-refractivity contribution in [2.24, 2.45) is 5.92 Å². The zero-order chi connectivity index (χ0) is 29.2. The Morgan fingerprint density at radius 2 is 1.68 bits per heavy atom. The van der Waals surface area contributed by atoms with Gasteiger partial charge in [-0.05, 0) is 79.5 Å². The van der Waals surface area contributed by atoms with Crippen LogP contribution in [-0.4, -0.2) is 34.0 Å². The predicted molar refractivity (Wildman–Crippen MR) is 158 cm³/mol. The molecule has 3 aromatic rings. The lowest BCUT2D eigenvalue weighted by molar-refractivity contribution is -0.123. The number of hydrogen-bond donors (Lipinski definition) is 2. The van der Waals surface area contributed by atoms with Crippen molar-refractivity contribution in [2.75, 3.05) is 11.9 Å². The number of rotatable bonds is 6. The zero-order valence-corrected chi connectivity index (χ0v) is 24.4. The highest BCUT2D eigenvalue weighted by molar-refractivity contribution is 5.98. The molecule has 212 valence electrons. The molecule has 40 heavy (non-hydrogen) atoms. The highest BCUT2D eigenvalue weighted by Gasteiger charge is 2.40. The summed E-state index contributed by atoms with van der Waals surface area (Å²) in [5.41, 5.74) is 3.27. The average Bonchev–Trinajstić information content (AvgIpc) is 2.87. The monoisotopic (exact) mass is 544 g/mol. The highest BCUT2D eigenvalue weighted by Crippen LogP contribution is 2.39. The van der Waals surface area contributed by atoms with Crippen LogP contribution in [0.5, 0.6) is 0 Å². The third kappa shape index (κ3) is 6.79. The Morgan fingerprint density at radius 3 is 2.30 bits per heavy atom. The number of hydrogen-bond acceptors (Lipinski definition) is 3. The molecule has 1 heterocycles. The molecule has 5 nitrogen and oxygen atoms in total. The Kier molecular flexibility index (Phi) is 8.50. The molecule has 0 spiro atoms. The first kappa shape index (κ1) is 29.5. The lowest BCUT2D eigenvalue weighted by Gasteiger charge is -2.41. The van der Waals surface area contributed by atoms with Crippen LogP contribution in [0.2, 0.25) is 0 Å². The number of likely N-dealkylation sites (tertiary alicyclic amines) is 1. The number of aliphatic hydroxyl groups is 1. The molecule has 6 heteroatoms. The van der Waals surface area contributed by atoms with Crippen LogP contribution < -0.4 is 5.32 Å². The Labute approximate surface area is 237 Å². The minimum absolute atomic E-state index is 0.0464. The molecule has 0 bridgehead atoms. The summed E-state index contributed by atoms with van der Waals surface area (Å²) in [6.45, 7) is 12.0. The molecule has 2 amide bonds. The highest BCUT2D eigenvalue weighted by atomic mass is 19.1. The molecule has 4 rings (SSSR count). The van der Waals surface area contributed by atoms with Crippen LogP contribution in [0.1, 0.15) is 86.1 Å². The molecule has 2 atom stereocenters. The molecular weight excluding hydrogens is 503 g/mol. The largest absolute Gasteiger partial charge is 0.390 e. The fourth-order valence-corrected chi connectivity index (χ4v) is 5.59. The third-order valence-corrected chi connectivity index (χ3v) is 7.62. The summed E-state index contributed by atoms with van der Waals surface area (Å²) < 4.78 is 14.9. The standard InChI is InChI=1S/C34H41FN2O3/c1-22-10-7-14-28(35)29(22)32(39)37-19-9-13-27(30(37)24-17-15-23(16-18-24)21-34(5,6)40)31(38)36-26-12-8-11-25(20-26)33(2,3)4/h7-8,10-12,14-18,20,27,30,40H,9,13,19,21H2,1-6H3,(H,36,38)/t27-,30?/m0/s1. The van der Waals surface area contributed by atoms with Gasteiger partial charge in [0.05, 0.1) is 23.1 Å². The fraction of sp³-hybridized carbons (Fsp3) is 0.412. The van der Waals surface area contributed by atoms with Crippen LogP contribution in [0.4, 0.5) is 10.1 Å². The molecule has 1 fully saturated rings. The van der Waals surface area contributed by atoms with E-state index < -0.39 is 29.3 Å². The van der Waals surface area contributed by atoms with Crippen molar-refractivity contribution in [1.82, 2.24) is 4.90 Å².